The molecule has 8 heteroatoms. The topological polar surface area (TPSA) is 100 Å². The Morgan fingerprint density at radius 3 is 2.95 bits per heavy atom. The number of amides is 2. The SMILES string of the molecule is CC1C(=O)NCCN1C(=O)c1sc(NC2CCC2)nc1N. The fourth-order valence-corrected chi connectivity index (χ4v) is 3.38. The molecule has 2 amide bonds. The van der Waals surface area contributed by atoms with Crippen LogP contribution >= 0.6 is 11.3 Å². The van der Waals surface area contributed by atoms with Crippen molar-refractivity contribution in [1.82, 2.24) is 15.2 Å². The maximum atomic E-state index is 12.6. The van der Waals surface area contributed by atoms with Crippen LogP contribution in [0.5, 0.6) is 0 Å². The fraction of sp³-hybridized carbons (Fsp3) is 0.615. The first-order valence-corrected chi connectivity index (χ1v) is 7.99. The Kier molecular flexibility index (Phi) is 3.71. The van der Waals surface area contributed by atoms with Crippen molar-refractivity contribution in [3.8, 4) is 0 Å². The van der Waals surface area contributed by atoms with Crippen molar-refractivity contribution >= 4 is 34.1 Å². The second-order valence-electron chi connectivity index (χ2n) is 5.47. The zero-order valence-corrected chi connectivity index (χ0v) is 12.7. The summed E-state index contributed by atoms with van der Waals surface area (Å²) in [6.45, 7) is 2.69. The van der Waals surface area contributed by atoms with Gasteiger partial charge in [0.05, 0.1) is 0 Å². The quantitative estimate of drug-likeness (QED) is 0.761. The maximum absolute atomic E-state index is 12.6. The minimum atomic E-state index is -0.476. The Labute approximate surface area is 126 Å². The van der Waals surface area contributed by atoms with Gasteiger partial charge in [0.1, 0.15) is 16.7 Å². The van der Waals surface area contributed by atoms with Crippen molar-refractivity contribution in [2.75, 3.05) is 24.1 Å². The third kappa shape index (κ3) is 2.67. The number of rotatable bonds is 3. The number of carbonyl (C=O) groups is 2. The van der Waals surface area contributed by atoms with Gasteiger partial charge >= 0.3 is 0 Å². The van der Waals surface area contributed by atoms with Crippen LogP contribution in [0.25, 0.3) is 0 Å². The van der Waals surface area contributed by atoms with Crippen molar-refractivity contribution in [2.45, 2.75) is 38.3 Å². The lowest BCUT2D eigenvalue weighted by Crippen LogP contribution is -2.55. The summed E-state index contributed by atoms with van der Waals surface area (Å²) >= 11 is 1.27. The van der Waals surface area contributed by atoms with Gasteiger partial charge in [0.15, 0.2) is 5.13 Å². The van der Waals surface area contributed by atoms with Gasteiger partial charge in [-0.05, 0) is 26.2 Å². The predicted molar refractivity (Wildman–Crippen MR) is 81.3 cm³/mol. The molecule has 1 aliphatic heterocycles. The second-order valence-corrected chi connectivity index (χ2v) is 6.47. The van der Waals surface area contributed by atoms with Crippen LogP contribution in [0.4, 0.5) is 10.9 Å². The molecule has 1 atom stereocenters. The van der Waals surface area contributed by atoms with Crippen LogP contribution in [0.3, 0.4) is 0 Å². The van der Waals surface area contributed by atoms with Gasteiger partial charge in [-0.15, -0.1) is 0 Å². The van der Waals surface area contributed by atoms with E-state index in [4.69, 9.17) is 5.73 Å². The standard InChI is InChI=1S/C13H19N5O2S/c1-7-11(19)15-5-6-18(7)12(20)9-10(14)17-13(21-9)16-8-3-2-4-8/h7-8H,2-6,14H2,1H3,(H,15,19)(H,16,17). The van der Waals surface area contributed by atoms with E-state index in [-0.39, 0.29) is 17.6 Å². The first kappa shape index (κ1) is 14.1. The van der Waals surface area contributed by atoms with E-state index >= 15 is 0 Å². The molecule has 1 unspecified atom stereocenters. The van der Waals surface area contributed by atoms with Crippen LogP contribution < -0.4 is 16.4 Å². The molecule has 0 bridgehead atoms. The third-order valence-corrected chi connectivity index (χ3v) is 5.03. The first-order chi connectivity index (χ1) is 10.1. The number of anilines is 2. The zero-order chi connectivity index (χ0) is 15.0. The summed E-state index contributed by atoms with van der Waals surface area (Å²) in [6.07, 6.45) is 3.49. The van der Waals surface area contributed by atoms with E-state index in [1.165, 1.54) is 17.8 Å². The molecular weight excluding hydrogens is 290 g/mol. The monoisotopic (exact) mass is 309 g/mol. The molecule has 0 spiro atoms. The van der Waals surface area contributed by atoms with E-state index in [9.17, 15) is 9.59 Å². The minimum Gasteiger partial charge on any atom is -0.382 e. The summed E-state index contributed by atoms with van der Waals surface area (Å²) < 4.78 is 0. The number of hydrogen-bond acceptors (Lipinski definition) is 6. The molecule has 2 heterocycles. The van der Waals surface area contributed by atoms with E-state index in [0.717, 1.165) is 12.8 Å². The van der Waals surface area contributed by atoms with Gasteiger partial charge in [0.2, 0.25) is 5.91 Å². The number of thiazole rings is 1. The predicted octanol–water partition coefficient (Wildman–Crippen LogP) is 0.650. The number of hydrogen-bond donors (Lipinski definition) is 3. The van der Waals surface area contributed by atoms with Crippen molar-refractivity contribution < 1.29 is 9.59 Å². The summed E-state index contributed by atoms with van der Waals surface area (Å²) in [4.78, 5) is 30.4. The number of nitrogens with one attached hydrogen (secondary N) is 2. The molecule has 0 radical (unpaired) electrons. The number of carbonyl (C=O) groups excluding carboxylic acids is 2. The van der Waals surface area contributed by atoms with Crippen LogP contribution in [-0.4, -0.2) is 46.9 Å². The van der Waals surface area contributed by atoms with Crippen LogP contribution in [0, 0.1) is 0 Å². The minimum absolute atomic E-state index is 0.134. The summed E-state index contributed by atoms with van der Waals surface area (Å²) in [5, 5.41) is 6.72. The van der Waals surface area contributed by atoms with Gasteiger partial charge in [-0.2, -0.15) is 0 Å². The summed E-state index contributed by atoms with van der Waals surface area (Å²) in [6, 6.07) is -0.0334. The highest BCUT2D eigenvalue weighted by Crippen LogP contribution is 2.30. The molecule has 1 saturated heterocycles. The van der Waals surface area contributed by atoms with Crippen LogP contribution in [0.2, 0.25) is 0 Å². The highest BCUT2D eigenvalue weighted by Gasteiger charge is 2.32. The van der Waals surface area contributed by atoms with E-state index in [1.54, 1.807) is 11.8 Å². The number of piperazine rings is 1. The zero-order valence-electron chi connectivity index (χ0n) is 11.9. The number of aromatic nitrogens is 1. The smallest absolute Gasteiger partial charge is 0.268 e. The molecular formula is C13H19N5O2S. The summed E-state index contributed by atoms with van der Waals surface area (Å²) in [5.41, 5.74) is 5.88. The molecule has 1 aliphatic carbocycles. The van der Waals surface area contributed by atoms with Gasteiger partial charge in [0, 0.05) is 19.1 Å². The van der Waals surface area contributed by atoms with Gasteiger partial charge in [-0.3, -0.25) is 9.59 Å². The Morgan fingerprint density at radius 1 is 1.52 bits per heavy atom. The molecule has 2 fully saturated rings. The van der Waals surface area contributed by atoms with E-state index in [2.05, 4.69) is 15.6 Å². The second kappa shape index (κ2) is 5.51. The highest BCUT2D eigenvalue weighted by molar-refractivity contribution is 7.18. The van der Waals surface area contributed by atoms with E-state index < -0.39 is 6.04 Å². The number of nitrogens with zero attached hydrogens (tertiary/aromatic N) is 2. The van der Waals surface area contributed by atoms with Gasteiger partial charge in [-0.1, -0.05) is 11.3 Å². The number of nitrogen functional groups attached to an aromatic ring is 1. The van der Waals surface area contributed by atoms with Gasteiger partial charge in [-0.25, -0.2) is 4.98 Å². The average Bonchev–Trinajstić information content (AvgIpc) is 2.78. The molecule has 0 aromatic carbocycles. The summed E-state index contributed by atoms with van der Waals surface area (Å²) in [7, 11) is 0. The molecule has 114 valence electrons. The Bertz CT molecular complexity index is 569. The molecule has 7 nitrogen and oxygen atoms in total. The highest BCUT2D eigenvalue weighted by atomic mass is 32.1. The fourth-order valence-electron chi connectivity index (χ4n) is 2.46. The Morgan fingerprint density at radius 2 is 2.29 bits per heavy atom. The first-order valence-electron chi connectivity index (χ1n) is 7.18. The van der Waals surface area contributed by atoms with E-state index in [0.29, 0.717) is 29.1 Å². The van der Waals surface area contributed by atoms with Crippen molar-refractivity contribution in [3.63, 3.8) is 0 Å². The third-order valence-electron chi connectivity index (χ3n) is 4.04. The molecule has 1 aromatic heterocycles. The molecule has 3 rings (SSSR count). The number of nitrogens with two attached hydrogens (primary N) is 1. The lowest BCUT2D eigenvalue weighted by atomic mass is 9.93. The largest absolute Gasteiger partial charge is 0.382 e. The molecule has 21 heavy (non-hydrogen) atoms. The van der Waals surface area contributed by atoms with Crippen LogP contribution in [0.1, 0.15) is 35.9 Å². The molecule has 1 saturated carbocycles. The van der Waals surface area contributed by atoms with Crippen molar-refractivity contribution in [3.05, 3.63) is 4.88 Å². The molecule has 2 aliphatic rings. The van der Waals surface area contributed by atoms with Crippen molar-refractivity contribution in [1.29, 1.82) is 0 Å². The Balaban J connectivity index is 1.75. The lowest BCUT2D eigenvalue weighted by molar-refractivity contribution is -0.127. The van der Waals surface area contributed by atoms with Crippen LogP contribution in [-0.2, 0) is 4.79 Å². The average molecular weight is 309 g/mol. The van der Waals surface area contributed by atoms with Gasteiger partial charge < -0.3 is 21.3 Å². The van der Waals surface area contributed by atoms with E-state index in [1.807, 2.05) is 0 Å². The Hall–Kier alpha value is -1.83. The maximum Gasteiger partial charge on any atom is 0.268 e. The summed E-state index contributed by atoms with van der Waals surface area (Å²) in [5.74, 6) is -0.107. The molecule has 1 aromatic rings. The normalized spacial score (nSPS) is 22.6. The van der Waals surface area contributed by atoms with Crippen LogP contribution in [0.15, 0.2) is 0 Å². The van der Waals surface area contributed by atoms with Crippen molar-refractivity contribution in [2.24, 2.45) is 0 Å². The van der Waals surface area contributed by atoms with Gasteiger partial charge in [0.25, 0.3) is 5.91 Å². The molecule has 4 N–H and O–H groups in total. The lowest BCUT2D eigenvalue weighted by Gasteiger charge is -2.32.